The van der Waals surface area contributed by atoms with Crippen molar-refractivity contribution >= 4 is 17.5 Å². The van der Waals surface area contributed by atoms with Gasteiger partial charge in [-0.1, -0.05) is 60.1 Å². The largest absolute Gasteiger partial charge is 0.379 e. The third kappa shape index (κ3) is 6.55. The molecule has 0 aromatic heterocycles. The van der Waals surface area contributed by atoms with Crippen LogP contribution in [0.4, 0.5) is 0 Å². The van der Waals surface area contributed by atoms with Gasteiger partial charge in [0.25, 0.3) is 0 Å². The van der Waals surface area contributed by atoms with Crippen molar-refractivity contribution in [2.24, 2.45) is 5.92 Å². The Morgan fingerprint density at radius 1 is 1.03 bits per heavy atom. The molecule has 2 saturated heterocycles. The van der Waals surface area contributed by atoms with Gasteiger partial charge >= 0.3 is 0 Å². The van der Waals surface area contributed by atoms with Gasteiger partial charge in [0.2, 0.25) is 5.91 Å². The number of benzene rings is 2. The first-order valence-electron chi connectivity index (χ1n) is 11.8. The fourth-order valence-corrected chi connectivity index (χ4v) is 5.20. The van der Waals surface area contributed by atoms with Gasteiger partial charge in [-0.15, -0.1) is 0 Å². The molecule has 0 radical (unpaired) electrons. The number of nitrogens with one attached hydrogen (secondary N) is 1. The second kappa shape index (κ2) is 11.8. The van der Waals surface area contributed by atoms with Crippen LogP contribution in [0.1, 0.15) is 30.4 Å². The molecule has 2 aliphatic rings. The number of morpholine rings is 1. The summed E-state index contributed by atoms with van der Waals surface area (Å²) in [6, 6.07) is 18.9. The van der Waals surface area contributed by atoms with E-state index in [2.05, 4.69) is 45.4 Å². The maximum Gasteiger partial charge on any atom is 0.220 e. The molecule has 0 saturated carbocycles. The highest BCUT2D eigenvalue weighted by molar-refractivity contribution is 6.31. The topological polar surface area (TPSA) is 44.8 Å². The highest BCUT2D eigenvalue weighted by atomic mass is 35.5. The zero-order valence-electron chi connectivity index (χ0n) is 18.7. The Hall–Kier alpha value is -1.92. The Morgan fingerprint density at radius 2 is 1.78 bits per heavy atom. The van der Waals surface area contributed by atoms with Crippen molar-refractivity contribution in [3.63, 3.8) is 0 Å². The van der Waals surface area contributed by atoms with E-state index in [1.807, 2.05) is 24.3 Å². The average Bonchev–Trinajstić information content (AvgIpc) is 2.83. The number of nitrogens with zero attached hydrogens (tertiary/aromatic N) is 2. The number of piperidine rings is 1. The molecule has 0 spiro atoms. The summed E-state index contributed by atoms with van der Waals surface area (Å²) in [7, 11) is 0. The van der Waals surface area contributed by atoms with Gasteiger partial charge in [-0.25, -0.2) is 0 Å². The van der Waals surface area contributed by atoms with Crippen LogP contribution in [0.5, 0.6) is 0 Å². The molecule has 2 fully saturated rings. The van der Waals surface area contributed by atoms with Crippen LogP contribution in [0.3, 0.4) is 0 Å². The Labute approximate surface area is 196 Å². The van der Waals surface area contributed by atoms with Gasteiger partial charge in [-0.3, -0.25) is 14.6 Å². The van der Waals surface area contributed by atoms with Gasteiger partial charge in [0, 0.05) is 50.2 Å². The van der Waals surface area contributed by atoms with E-state index >= 15 is 0 Å². The third-order valence-electron chi connectivity index (χ3n) is 6.72. The third-order valence-corrected chi connectivity index (χ3v) is 7.09. The van der Waals surface area contributed by atoms with Crippen molar-refractivity contribution in [3.8, 4) is 0 Å². The van der Waals surface area contributed by atoms with Crippen molar-refractivity contribution in [2.45, 2.75) is 38.4 Å². The number of ether oxygens (including phenoxy) is 1. The number of amides is 1. The molecule has 5 nitrogen and oxygen atoms in total. The van der Waals surface area contributed by atoms with E-state index in [9.17, 15) is 4.79 Å². The van der Waals surface area contributed by atoms with E-state index in [1.54, 1.807) is 0 Å². The summed E-state index contributed by atoms with van der Waals surface area (Å²) in [6.07, 6.45) is 2.61. The molecule has 32 heavy (non-hydrogen) atoms. The van der Waals surface area contributed by atoms with Gasteiger partial charge in [-0.05, 0) is 42.5 Å². The van der Waals surface area contributed by atoms with Crippen LogP contribution >= 0.6 is 11.6 Å². The number of hydrogen-bond acceptors (Lipinski definition) is 4. The van der Waals surface area contributed by atoms with E-state index in [4.69, 9.17) is 16.3 Å². The summed E-state index contributed by atoms with van der Waals surface area (Å²) in [5, 5.41) is 3.75. The Balaban J connectivity index is 1.33. The lowest BCUT2D eigenvalue weighted by molar-refractivity contribution is -0.121. The van der Waals surface area contributed by atoms with Gasteiger partial charge in [0.1, 0.15) is 0 Å². The lowest BCUT2D eigenvalue weighted by Gasteiger charge is -2.45. The number of halogens is 1. The fourth-order valence-electron chi connectivity index (χ4n) is 4.99. The zero-order valence-corrected chi connectivity index (χ0v) is 19.5. The van der Waals surface area contributed by atoms with E-state index < -0.39 is 0 Å². The summed E-state index contributed by atoms with van der Waals surface area (Å²) >= 11 is 6.22. The van der Waals surface area contributed by atoms with E-state index in [-0.39, 0.29) is 5.91 Å². The van der Waals surface area contributed by atoms with E-state index in [1.165, 1.54) is 5.56 Å². The molecule has 1 N–H and O–H groups in total. The molecule has 0 unspecified atom stereocenters. The molecular formula is C26H34ClN3O2. The van der Waals surface area contributed by atoms with Crippen molar-refractivity contribution in [3.05, 3.63) is 70.7 Å². The van der Waals surface area contributed by atoms with Crippen LogP contribution < -0.4 is 5.32 Å². The maximum absolute atomic E-state index is 12.6. The minimum atomic E-state index is 0.103. The van der Waals surface area contributed by atoms with E-state index in [0.717, 1.165) is 64.3 Å². The second-order valence-corrected chi connectivity index (χ2v) is 9.30. The average molecular weight is 456 g/mol. The van der Waals surface area contributed by atoms with Crippen LogP contribution in [-0.2, 0) is 22.6 Å². The molecule has 6 heteroatoms. The number of likely N-dealkylation sites (tertiary alicyclic amines) is 1. The standard InChI is InChI=1S/C26H34ClN3O2/c27-24-9-5-4-8-22(24)18-28-26(31)11-10-23-20-29(19-21-6-2-1-3-7-21)13-12-25(23)30-14-16-32-17-15-30/h1-9,23,25H,10-20H2,(H,28,31)/t23-,25+/m1/s1. The SMILES string of the molecule is O=C(CC[C@@H]1CN(Cc2ccccc2)CC[C@@H]1N1CCOCC1)NCc1ccccc1Cl. The number of carbonyl (C=O) groups excluding carboxylic acids is 1. The molecule has 2 aromatic rings. The summed E-state index contributed by atoms with van der Waals surface area (Å²) in [5.74, 6) is 0.586. The first kappa shape index (κ1) is 23.2. The molecule has 4 rings (SSSR count). The molecule has 2 aliphatic heterocycles. The molecule has 0 aliphatic carbocycles. The first-order valence-corrected chi connectivity index (χ1v) is 12.1. The van der Waals surface area contributed by atoms with Crippen molar-refractivity contribution in [1.29, 1.82) is 0 Å². The highest BCUT2D eigenvalue weighted by Gasteiger charge is 2.34. The molecule has 172 valence electrons. The van der Waals surface area contributed by atoms with Crippen molar-refractivity contribution < 1.29 is 9.53 Å². The number of hydrogen-bond donors (Lipinski definition) is 1. The van der Waals surface area contributed by atoms with Crippen LogP contribution in [0, 0.1) is 5.92 Å². The van der Waals surface area contributed by atoms with Gasteiger partial charge < -0.3 is 10.1 Å². The molecule has 2 heterocycles. The predicted octanol–water partition coefficient (Wildman–Crippen LogP) is 3.96. The monoisotopic (exact) mass is 455 g/mol. The normalized spacial score (nSPS) is 22.5. The van der Waals surface area contributed by atoms with Crippen LogP contribution in [0.25, 0.3) is 0 Å². The summed E-state index contributed by atoms with van der Waals surface area (Å²) in [6.45, 7) is 7.23. The van der Waals surface area contributed by atoms with Crippen LogP contribution in [-0.4, -0.2) is 61.1 Å². The molecule has 2 atom stereocenters. The van der Waals surface area contributed by atoms with Crippen LogP contribution in [0.2, 0.25) is 5.02 Å². The summed E-state index contributed by atoms with van der Waals surface area (Å²) in [5.41, 5.74) is 2.31. The number of carbonyl (C=O) groups is 1. The molecule has 0 bridgehead atoms. The quantitative estimate of drug-likeness (QED) is 0.654. The minimum absolute atomic E-state index is 0.103. The summed E-state index contributed by atoms with van der Waals surface area (Å²) in [4.78, 5) is 17.8. The molecule has 1 amide bonds. The predicted molar refractivity (Wildman–Crippen MR) is 129 cm³/mol. The second-order valence-electron chi connectivity index (χ2n) is 8.89. The van der Waals surface area contributed by atoms with Crippen LogP contribution in [0.15, 0.2) is 54.6 Å². The number of rotatable bonds is 8. The lowest BCUT2D eigenvalue weighted by atomic mass is 9.86. The van der Waals surface area contributed by atoms with Gasteiger partial charge in [0.15, 0.2) is 0 Å². The summed E-state index contributed by atoms with van der Waals surface area (Å²) < 4.78 is 5.58. The Morgan fingerprint density at radius 3 is 2.56 bits per heavy atom. The van der Waals surface area contributed by atoms with Gasteiger partial charge in [0.05, 0.1) is 13.2 Å². The highest BCUT2D eigenvalue weighted by Crippen LogP contribution is 2.28. The maximum atomic E-state index is 12.6. The minimum Gasteiger partial charge on any atom is -0.379 e. The van der Waals surface area contributed by atoms with Gasteiger partial charge in [-0.2, -0.15) is 0 Å². The molecular weight excluding hydrogens is 422 g/mol. The Bertz CT molecular complexity index is 857. The molecule has 2 aromatic carbocycles. The smallest absolute Gasteiger partial charge is 0.220 e. The fraction of sp³-hybridized carbons (Fsp3) is 0.500. The zero-order chi connectivity index (χ0) is 22.2. The van der Waals surface area contributed by atoms with Crippen molar-refractivity contribution in [1.82, 2.24) is 15.1 Å². The van der Waals surface area contributed by atoms with E-state index in [0.29, 0.717) is 29.9 Å². The Kier molecular flexibility index (Phi) is 8.57. The first-order chi connectivity index (χ1) is 15.7. The van der Waals surface area contributed by atoms with Crippen molar-refractivity contribution in [2.75, 3.05) is 39.4 Å². The lowest BCUT2D eigenvalue weighted by Crippen LogP contribution is -2.54.